The number of amides is 1. The molecule has 6 heteroatoms. The minimum atomic E-state index is -0.0955. The van der Waals surface area contributed by atoms with E-state index in [2.05, 4.69) is 5.16 Å². The van der Waals surface area contributed by atoms with Gasteiger partial charge in [-0.2, -0.15) is 0 Å². The van der Waals surface area contributed by atoms with Gasteiger partial charge in [-0.25, -0.2) is 0 Å². The van der Waals surface area contributed by atoms with E-state index in [0.29, 0.717) is 23.6 Å². The molecule has 1 fully saturated rings. The van der Waals surface area contributed by atoms with Crippen molar-refractivity contribution in [1.29, 1.82) is 0 Å². The molecule has 0 aliphatic carbocycles. The SMILES string of the molecule is COc1cccc(OC)c1C(=O)N1CCCCC[C@H]1c1cc(C)on1. The second-order valence-corrected chi connectivity index (χ2v) is 6.26. The Hall–Kier alpha value is -2.50. The number of carbonyl (C=O) groups excluding carboxylic acids is 1. The molecule has 0 radical (unpaired) electrons. The third-order valence-corrected chi connectivity index (χ3v) is 4.64. The van der Waals surface area contributed by atoms with E-state index in [-0.39, 0.29) is 11.9 Å². The molecule has 0 unspecified atom stereocenters. The minimum Gasteiger partial charge on any atom is -0.496 e. The van der Waals surface area contributed by atoms with E-state index in [9.17, 15) is 4.79 Å². The summed E-state index contributed by atoms with van der Waals surface area (Å²) in [5, 5.41) is 4.16. The highest BCUT2D eigenvalue weighted by Crippen LogP contribution is 2.35. The fourth-order valence-electron chi connectivity index (χ4n) is 3.41. The van der Waals surface area contributed by atoms with Crippen LogP contribution in [0.15, 0.2) is 28.8 Å². The van der Waals surface area contributed by atoms with Crippen LogP contribution in [-0.2, 0) is 0 Å². The number of likely N-dealkylation sites (tertiary alicyclic amines) is 1. The van der Waals surface area contributed by atoms with Crippen LogP contribution < -0.4 is 9.47 Å². The Morgan fingerprint density at radius 1 is 1.20 bits per heavy atom. The molecule has 0 spiro atoms. The maximum Gasteiger partial charge on any atom is 0.261 e. The summed E-state index contributed by atoms with van der Waals surface area (Å²) in [5.41, 5.74) is 1.27. The van der Waals surface area contributed by atoms with Gasteiger partial charge in [-0.3, -0.25) is 4.79 Å². The summed E-state index contributed by atoms with van der Waals surface area (Å²) >= 11 is 0. The van der Waals surface area contributed by atoms with E-state index in [1.165, 1.54) is 0 Å². The number of nitrogens with zero attached hydrogens (tertiary/aromatic N) is 2. The number of ether oxygens (including phenoxy) is 2. The first kappa shape index (κ1) is 17.3. The molecule has 1 saturated heterocycles. The zero-order chi connectivity index (χ0) is 17.8. The molecule has 134 valence electrons. The average molecular weight is 344 g/mol. The molecule has 2 heterocycles. The van der Waals surface area contributed by atoms with Crippen LogP contribution >= 0.6 is 0 Å². The molecule has 0 saturated carbocycles. The molecular weight excluding hydrogens is 320 g/mol. The molecule has 1 aromatic heterocycles. The molecular formula is C19H24N2O4. The first-order valence-electron chi connectivity index (χ1n) is 8.61. The van der Waals surface area contributed by atoms with E-state index < -0.39 is 0 Å². The van der Waals surface area contributed by atoms with Gasteiger partial charge in [-0.1, -0.05) is 24.1 Å². The lowest BCUT2D eigenvalue weighted by Gasteiger charge is -2.29. The summed E-state index contributed by atoms with van der Waals surface area (Å²) in [6.07, 6.45) is 4.00. The van der Waals surface area contributed by atoms with E-state index >= 15 is 0 Å². The summed E-state index contributed by atoms with van der Waals surface area (Å²) < 4.78 is 16.1. The van der Waals surface area contributed by atoms with E-state index in [1.807, 2.05) is 24.0 Å². The third kappa shape index (κ3) is 3.48. The highest BCUT2D eigenvalue weighted by molar-refractivity contribution is 6.00. The summed E-state index contributed by atoms with van der Waals surface area (Å²) in [4.78, 5) is 15.3. The minimum absolute atomic E-state index is 0.0953. The Labute approximate surface area is 147 Å². The van der Waals surface area contributed by atoms with Crippen LogP contribution in [0.2, 0.25) is 0 Å². The summed E-state index contributed by atoms with van der Waals surface area (Å²) in [6, 6.07) is 7.19. The second-order valence-electron chi connectivity index (χ2n) is 6.26. The van der Waals surface area contributed by atoms with Crippen molar-refractivity contribution >= 4 is 5.91 Å². The lowest BCUT2D eigenvalue weighted by molar-refractivity contribution is 0.0667. The monoisotopic (exact) mass is 344 g/mol. The molecule has 1 atom stereocenters. The van der Waals surface area contributed by atoms with Crippen LogP contribution in [0, 0.1) is 6.92 Å². The van der Waals surface area contributed by atoms with E-state index in [0.717, 1.165) is 37.1 Å². The molecule has 1 amide bonds. The van der Waals surface area contributed by atoms with Crippen molar-refractivity contribution < 1.29 is 18.8 Å². The third-order valence-electron chi connectivity index (χ3n) is 4.64. The van der Waals surface area contributed by atoms with Crippen LogP contribution in [0.5, 0.6) is 11.5 Å². The first-order valence-corrected chi connectivity index (χ1v) is 8.61. The Bertz CT molecular complexity index is 719. The van der Waals surface area contributed by atoms with Gasteiger partial charge in [0.05, 0.1) is 20.3 Å². The van der Waals surface area contributed by atoms with Gasteiger partial charge in [0.15, 0.2) is 0 Å². The summed E-state index contributed by atoms with van der Waals surface area (Å²) in [7, 11) is 3.12. The first-order chi connectivity index (χ1) is 12.2. The van der Waals surface area contributed by atoms with Gasteiger partial charge in [-0.05, 0) is 31.9 Å². The maximum atomic E-state index is 13.4. The number of methoxy groups -OCH3 is 2. The van der Waals surface area contributed by atoms with Crippen molar-refractivity contribution in [3.05, 3.63) is 41.3 Å². The zero-order valence-electron chi connectivity index (χ0n) is 14.9. The zero-order valence-corrected chi connectivity index (χ0v) is 14.9. The van der Waals surface area contributed by atoms with Gasteiger partial charge in [0.25, 0.3) is 5.91 Å². The lowest BCUT2D eigenvalue weighted by atomic mass is 10.0. The number of aromatic nitrogens is 1. The van der Waals surface area contributed by atoms with Crippen molar-refractivity contribution in [2.24, 2.45) is 0 Å². The van der Waals surface area contributed by atoms with Crippen LogP contribution in [-0.4, -0.2) is 36.7 Å². The highest BCUT2D eigenvalue weighted by atomic mass is 16.5. The van der Waals surface area contributed by atoms with Gasteiger partial charge in [0.2, 0.25) is 0 Å². The highest BCUT2D eigenvalue weighted by Gasteiger charge is 2.32. The van der Waals surface area contributed by atoms with Crippen molar-refractivity contribution in [2.75, 3.05) is 20.8 Å². The van der Waals surface area contributed by atoms with Crippen LogP contribution in [0.3, 0.4) is 0 Å². The molecule has 25 heavy (non-hydrogen) atoms. The number of benzene rings is 1. The van der Waals surface area contributed by atoms with E-state index in [4.69, 9.17) is 14.0 Å². The summed E-state index contributed by atoms with van der Waals surface area (Å²) in [5.74, 6) is 1.69. The largest absolute Gasteiger partial charge is 0.496 e. The second kappa shape index (κ2) is 7.59. The Kier molecular flexibility index (Phi) is 5.26. The van der Waals surface area contributed by atoms with Crippen LogP contribution in [0.4, 0.5) is 0 Å². The molecule has 1 aromatic carbocycles. The van der Waals surface area contributed by atoms with Crippen molar-refractivity contribution in [2.45, 2.75) is 38.6 Å². The Morgan fingerprint density at radius 3 is 2.52 bits per heavy atom. The molecule has 2 aromatic rings. The molecule has 0 N–H and O–H groups in total. The Morgan fingerprint density at radius 2 is 1.92 bits per heavy atom. The predicted molar refractivity (Wildman–Crippen MR) is 93.0 cm³/mol. The topological polar surface area (TPSA) is 64.8 Å². The van der Waals surface area contributed by atoms with Gasteiger partial charge in [0, 0.05) is 12.6 Å². The molecule has 3 rings (SSSR count). The van der Waals surface area contributed by atoms with Crippen LogP contribution in [0.1, 0.15) is 53.5 Å². The smallest absolute Gasteiger partial charge is 0.261 e. The predicted octanol–water partition coefficient (Wildman–Crippen LogP) is 3.76. The number of hydrogen-bond acceptors (Lipinski definition) is 5. The fourth-order valence-corrected chi connectivity index (χ4v) is 3.41. The summed E-state index contributed by atoms with van der Waals surface area (Å²) in [6.45, 7) is 2.54. The van der Waals surface area contributed by atoms with Crippen molar-refractivity contribution in [1.82, 2.24) is 10.1 Å². The van der Waals surface area contributed by atoms with Crippen LogP contribution in [0.25, 0.3) is 0 Å². The number of rotatable bonds is 4. The normalized spacial score (nSPS) is 17.9. The van der Waals surface area contributed by atoms with E-state index in [1.54, 1.807) is 26.4 Å². The molecule has 0 bridgehead atoms. The van der Waals surface area contributed by atoms with Gasteiger partial charge in [-0.15, -0.1) is 0 Å². The number of aryl methyl sites for hydroxylation is 1. The molecule has 6 nitrogen and oxygen atoms in total. The van der Waals surface area contributed by atoms with Gasteiger partial charge < -0.3 is 18.9 Å². The van der Waals surface area contributed by atoms with Crippen molar-refractivity contribution in [3.8, 4) is 11.5 Å². The standard InChI is InChI=1S/C19H24N2O4/c1-13-12-14(20-25-13)15-8-5-4-6-11-21(15)19(22)18-16(23-2)9-7-10-17(18)24-3/h7,9-10,12,15H,4-6,8,11H2,1-3H3/t15-/m0/s1. The van der Waals surface area contributed by atoms with Crippen molar-refractivity contribution in [3.63, 3.8) is 0 Å². The van der Waals surface area contributed by atoms with Gasteiger partial charge in [0.1, 0.15) is 28.5 Å². The quantitative estimate of drug-likeness (QED) is 0.845. The molecule has 1 aliphatic rings. The Balaban J connectivity index is 2.01. The average Bonchev–Trinajstić information content (AvgIpc) is 2.92. The fraction of sp³-hybridized carbons (Fsp3) is 0.474. The molecule has 1 aliphatic heterocycles. The lowest BCUT2D eigenvalue weighted by Crippen LogP contribution is -2.35. The maximum absolute atomic E-state index is 13.4. The van der Waals surface area contributed by atoms with Gasteiger partial charge >= 0.3 is 0 Å². The number of carbonyl (C=O) groups is 1. The number of hydrogen-bond donors (Lipinski definition) is 0.